The molecule has 0 aliphatic carbocycles. The summed E-state index contributed by atoms with van der Waals surface area (Å²) in [7, 11) is 0. The van der Waals surface area contributed by atoms with Gasteiger partial charge in [-0.25, -0.2) is 4.79 Å². The first-order valence-corrected chi connectivity index (χ1v) is 6.52. The summed E-state index contributed by atoms with van der Waals surface area (Å²) < 4.78 is 5.25. The lowest BCUT2D eigenvalue weighted by molar-refractivity contribution is -0.140. The average Bonchev–Trinajstić information content (AvgIpc) is 2.21. The highest BCUT2D eigenvalue weighted by molar-refractivity contribution is 5.73. The van der Waals surface area contributed by atoms with Crippen molar-refractivity contribution in [3.63, 3.8) is 0 Å². The first-order valence-electron chi connectivity index (χ1n) is 6.52. The van der Waals surface area contributed by atoms with Gasteiger partial charge in [0.15, 0.2) is 0 Å². The van der Waals surface area contributed by atoms with Crippen LogP contribution in [-0.4, -0.2) is 52.8 Å². The van der Waals surface area contributed by atoms with Crippen LogP contribution in [0.2, 0.25) is 0 Å². The van der Waals surface area contributed by atoms with E-state index in [1.165, 1.54) is 4.90 Å². The van der Waals surface area contributed by atoms with Gasteiger partial charge in [-0.2, -0.15) is 0 Å². The molecular formula is C14H22N2O4. The highest BCUT2D eigenvalue weighted by Crippen LogP contribution is 2.26. The van der Waals surface area contributed by atoms with Gasteiger partial charge < -0.3 is 14.7 Å². The summed E-state index contributed by atoms with van der Waals surface area (Å²) >= 11 is 0. The Morgan fingerprint density at radius 2 is 2.00 bits per heavy atom. The van der Waals surface area contributed by atoms with Crippen LogP contribution < -0.4 is 5.32 Å². The number of carboxylic acid groups (broad SMARTS) is 1. The second kappa shape index (κ2) is 6.14. The fourth-order valence-corrected chi connectivity index (χ4v) is 2.04. The smallest absolute Gasteiger partial charge is 0.410 e. The zero-order chi connectivity index (χ0) is 15.4. The molecule has 1 heterocycles. The normalized spacial score (nSPS) is 16.7. The third-order valence-corrected chi connectivity index (χ3v) is 2.86. The molecule has 0 aromatic carbocycles. The lowest BCUT2D eigenvalue weighted by atomic mass is 9.86. The molecule has 0 bridgehead atoms. The van der Waals surface area contributed by atoms with Gasteiger partial charge in [-0.15, -0.1) is 5.92 Å². The monoisotopic (exact) mass is 282 g/mol. The molecule has 20 heavy (non-hydrogen) atoms. The van der Waals surface area contributed by atoms with Gasteiger partial charge >= 0.3 is 12.1 Å². The Hall–Kier alpha value is -1.74. The van der Waals surface area contributed by atoms with Crippen LogP contribution in [0, 0.1) is 11.8 Å². The van der Waals surface area contributed by atoms with Crippen molar-refractivity contribution in [3.8, 4) is 11.8 Å². The predicted octanol–water partition coefficient (Wildman–Crippen LogP) is 1.06. The molecule has 1 saturated heterocycles. The summed E-state index contributed by atoms with van der Waals surface area (Å²) in [5.74, 6) is 4.68. The van der Waals surface area contributed by atoms with Gasteiger partial charge in [0.25, 0.3) is 0 Å². The molecule has 0 atom stereocenters. The van der Waals surface area contributed by atoms with Crippen molar-refractivity contribution in [1.29, 1.82) is 0 Å². The minimum Gasteiger partial charge on any atom is -0.481 e. The molecular weight excluding hydrogens is 260 g/mol. The van der Waals surface area contributed by atoms with Crippen LogP contribution in [0.3, 0.4) is 0 Å². The van der Waals surface area contributed by atoms with Crippen LogP contribution in [-0.2, 0) is 9.53 Å². The maximum absolute atomic E-state index is 11.8. The highest BCUT2D eigenvalue weighted by atomic mass is 16.6. The summed E-state index contributed by atoms with van der Waals surface area (Å²) in [5.41, 5.74) is -1.16. The topological polar surface area (TPSA) is 78.9 Å². The number of carboxylic acids is 1. The Morgan fingerprint density at radius 3 is 2.45 bits per heavy atom. The summed E-state index contributed by atoms with van der Waals surface area (Å²) in [4.78, 5) is 24.3. The molecule has 0 unspecified atom stereocenters. The van der Waals surface area contributed by atoms with Gasteiger partial charge in [0.05, 0.1) is 18.5 Å². The number of hydrogen-bond donors (Lipinski definition) is 2. The summed E-state index contributed by atoms with van der Waals surface area (Å²) in [6.45, 7) is 8.16. The molecule has 6 heteroatoms. The minimum absolute atomic E-state index is 0.0440. The largest absolute Gasteiger partial charge is 0.481 e. The highest BCUT2D eigenvalue weighted by Gasteiger charge is 2.47. The number of amides is 1. The summed E-state index contributed by atoms with van der Waals surface area (Å²) in [6.07, 6.45) is -0.459. The Balaban J connectivity index is 2.58. The van der Waals surface area contributed by atoms with Crippen LogP contribution in [0.25, 0.3) is 0 Å². The molecule has 1 fully saturated rings. The number of carbonyl (C=O) groups is 2. The van der Waals surface area contributed by atoms with Crippen molar-refractivity contribution in [3.05, 3.63) is 0 Å². The third kappa shape index (κ3) is 4.74. The second-order valence-corrected chi connectivity index (χ2v) is 5.97. The fraction of sp³-hybridized carbons (Fsp3) is 0.714. The van der Waals surface area contributed by atoms with Crippen molar-refractivity contribution >= 4 is 12.1 Å². The van der Waals surface area contributed by atoms with E-state index in [2.05, 4.69) is 17.2 Å². The number of likely N-dealkylation sites (tertiary alicyclic amines) is 1. The lowest BCUT2D eigenvalue weighted by Gasteiger charge is -2.49. The summed E-state index contributed by atoms with van der Waals surface area (Å²) in [6, 6.07) is 0. The molecule has 1 amide bonds. The molecule has 6 nitrogen and oxygen atoms in total. The van der Waals surface area contributed by atoms with Crippen LogP contribution in [0.4, 0.5) is 4.79 Å². The zero-order valence-electron chi connectivity index (χ0n) is 12.4. The maximum Gasteiger partial charge on any atom is 0.410 e. The molecule has 0 aromatic heterocycles. The van der Waals surface area contributed by atoms with Crippen LogP contribution >= 0.6 is 0 Å². The van der Waals surface area contributed by atoms with E-state index in [0.717, 1.165) is 0 Å². The number of nitrogens with zero attached hydrogens (tertiary/aromatic N) is 1. The number of aliphatic carboxylic acids is 1. The number of nitrogens with one attached hydrogen (secondary N) is 1. The first kappa shape index (κ1) is 16.3. The van der Waals surface area contributed by atoms with Crippen molar-refractivity contribution < 1.29 is 19.4 Å². The van der Waals surface area contributed by atoms with E-state index in [4.69, 9.17) is 9.84 Å². The van der Waals surface area contributed by atoms with Gasteiger partial charge in [0.2, 0.25) is 0 Å². The quantitative estimate of drug-likeness (QED) is 0.754. The van der Waals surface area contributed by atoms with Crippen molar-refractivity contribution in [1.82, 2.24) is 10.2 Å². The molecule has 2 N–H and O–H groups in total. The number of ether oxygens (including phenoxy) is 1. The van der Waals surface area contributed by atoms with E-state index < -0.39 is 23.2 Å². The molecule has 1 aliphatic rings. The zero-order valence-corrected chi connectivity index (χ0v) is 12.4. The predicted molar refractivity (Wildman–Crippen MR) is 74.2 cm³/mol. The third-order valence-electron chi connectivity index (χ3n) is 2.86. The minimum atomic E-state index is -0.897. The van der Waals surface area contributed by atoms with Crippen LogP contribution in [0.5, 0.6) is 0 Å². The molecule has 1 rings (SSSR count). The summed E-state index contributed by atoms with van der Waals surface area (Å²) in [5, 5.41) is 12.1. The van der Waals surface area contributed by atoms with E-state index in [0.29, 0.717) is 19.6 Å². The van der Waals surface area contributed by atoms with E-state index in [9.17, 15) is 9.59 Å². The molecule has 0 saturated carbocycles. The lowest BCUT2D eigenvalue weighted by Crippen LogP contribution is -2.71. The Kier molecular flexibility index (Phi) is 5.01. The van der Waals surface area contributed by atoms with Crippen molar-refractivity contribution in [2.45, 2.75) is 45.3 Å². The van der Waals surface area contributed by atoms with E-state index in [-0.39, 0.29) is 6.42 Å². The number of carbonyl (C=O) groups excluding carboxylic acids is 1. The van der Waals surface area contributed by atoms with E-state index in [1.807, 2.05) is 0 Å². The van der Waals surface area contributed by atoms with Crippen LogP contribution in [0.1, 0.15) is 34.1 Å². The average molecular weight is 282 g/mol. The number of rotatable bonds is 4. The first-order chi connectivity index (χ1) is 9.17. The van der Waals surface area contributed by atoms with Gasteiger partial charge in [0.1, 0.15) is 5.60 Å². The van der Waals surface area contributed by atoms with Crippen LogP contribution in [0.15, 0.2) is 0 Å². The van der Waals surface area contributed by atoms with E-state index >= 15 is 0 Å². The standard InChI is InChI=1S/C14H22N2O4/c1-5-6-7-15-14(8-11(17)18)9-16(10-14)12(19)20-13(2,3)4/h15H,7-10H2,1-4H3,(H,17,18). The van der Waals surface area contributed by atoms with Crippen molar-refractivity contribution in [2.24, 2.45) is 0 Å². The van der Waals surface area contributed by atoms with Gasteiger partial charge in [-0.05, 0) is 27.7 Å². The second-order valence-electron chi connectivity index (χ2n) is 5.97. The SMILES string of the molecule is CC#CCNC1(CC(=O)O)CN(C(=O)OC(C)(C)C)C1. The fourth-order valence-electron chi connectivity index (χ4n) is 2.04. The Morgan fingerprint density at radius 1 is 1.40 bits per heavy atom. The van der Waals surface area contributed by atoms with Gasteiger partial charge in [-0.3, -0.25) is 10.1 Å². The van der Waals surface area contributed by atoms with Gasteiger partial charge in [0, 0.05) is 13.1 Å². The number of hydrogen-bond acceptors (Lipinski definition) is 4. The molecule has 0 spiro atoms. The molecule has 112 valence electrons. The van der Waals surface area contributed by atoms with Crippen molar-refractivity contribution in [2.75, 3.05) is 19.6 Å². The van der Waals surface area contributed by atoms with E-state index in [1.54, 1.807) is 27.7 Å². The molecule has 1 aliphatic heterocycles. The van der Waals surface area contributed by atoms with Gasteiger partial charge in [-0.1, -0.05) is 5.92 Å². The molecule has 0 radical (unpaired) electrons. The maximum atomic E-state index is 11.8. The molecule has 0 aromatic rings. The Labute approximate surface area is 119 Å². The Bertz CT molecular complexity index is 436.